The van der Waals surface area contributed by atoms with E-state index in [-0.39, 0.29) is 11.7 Å². The minimum atomic E-state index is -0.0939. The molecule has 0 atom stereocenters. The summed E-state index contributed by atoms with van der Waals surface area (Å²) in [5, 5.41) is 13.2. The molecule has 4 rings (SSSR count). The largest absolute Gasteiger partial charge is 0.325 e. The highest BCUT2D eigenvalue weighted by Gasteiger charge is 2.24. The number of thioether (sulfide) groups is 1. The van der Waals surface area contributed by atoms with Crippen LogP contribution in [0.15, 0.2) is 47.9 Å². The van der Waals surface area contributed by atoms with Crippen molar-refractivity contribution in [2.24, 2.45) is 0 Å². The first-order valence-corrected chi connectivity index (χ1v) is 11.5. The summed E-state index contributed by atoms with van der Waals surface area (Å²) in [4.78, 5) is 16.6. The van der Waals surface area contributed by atoms with Gasteiger partial charge < -0.3 is 5.32 Å². The number of amides is 1. The molecular formula is C22H24ClN5OS. The van der Waals surface area contributed by atoms with Crippen LogP contribution in [0.25, 0.3) is 11.4 Å². The number of pyridine rings is 1. The molecule has 0 unspecified atom stereocenters. The summed E-state index contributed by atoms with van der Waals surface area (Å²) in [5.74, 6) is 1.01. The van der Waals surface area contributed by atoms with Gasteiger partial charge in [0.15, 0.2) is 11.0 Å². The number of nitrogens with zero attached hydrogens (tertiary/aromatic N) is 4. The van der Waals surface area contributed by atoms with Gasteiger partial charge in [0.25, 0.3) is 0 Å². The van der Waals surface area contributed by atoms with Gasteiger partial charge in [0, 0.05) is 34.7 Å². The summed E-state index contributed by atoms with van der Waals surface area (Å²) in [5.41, 5.74) is 2.67. The lowest BCUT2D eigenvalue weighted by Gasteiger charge is -2.25. The van der Waals surface area contributed by atoms with Crippen LogP contribution in [0.3, 0.4) is 0 Å². The van der Waals surface area contributed by atoms with E-state index in [4.69, 9.17) is 11.6 Å². The first-order chi connectivity index (χ1) is 14.6. The summed E-state index contributed by atoms with van der Waals surface area (Å²) in [6.07, 6.45) is 9.43. The highest BCUT2D eigenvalue weighted by molar-refractivity contribution is 7.99. The number of carbonyl (C=O) groups is 1. The van der Waals surface area contributed by atoms with Crippen molar-refractivity contribution in [3.63, 3.8) is 0 Å². The number of hydrogen-bond acceptors (Lipinski definition) is 5. The zero-order chi connectivity index (χ0) is 20.9. The van der Waals surface area contributed by atoms with Crippen molar-refractivity contribution in [3.05, 3.63) is 53.3 Å². The smallest absolute Gasteiger partial charge is 0.234 e. The molecule has 1 aliphatic rings. The van der Waals surface area contributed by atoms with Crippen LogP contribution < -0.4 is 5.32 Å². The number of aromatic nitrogens is 4. The summed E-state index contributed by atoms with van der Waals surface area (Å²) >= 11 is 7.58. The molecule has 1 amide bonds. The summed E-state index contributed by atoms with van der Waals surface area (Å²) < 4.78 is 2.22. The van der Waals surface area contributed by atoms with Crippen LogP contribution in [0.5, 0.6) is 0 Å². The van der Waals surface area contributed by atoms with E-state index in [0.29, 0.717) is 16.8 Å². The maximum absolute atomic E-state index is 12.5. The van der Waals surface area contributed by atoms with Gasteiger partial charge in [0.1, 0.15) is 0 Å². The Hall–Kier alpha value is -2.38. The fourth-order valence-electron chi connectivity index (χ4n) is 3.74. The molecule has 0 spiro atoms. The predicted molar refractivity (Wildman–Crippen MR) is 121 cm³/mol. The minimum Gasteiger partial charge on any atom is -0.325 e. The van der Waals surface area contributed by atoms with E-state index in [9.17, 15) is 4.79 Å². The molecule has 1 fully saturated rings. The van der Waals surface area contributed by atoms with E-state index in [1.165, 1.54) is 31.0 Å². The molecule has 1 aromatic carbocycles. The van der Waals surface area contributed by atoms with Crippen molar-refractivity contribution in [3.8, 4) is 11.4 Å². The van der Waals surface area contributed by atoms with Crippen LogP contribution in [0.4, 0.5) is 5.69 Å². The van der Waals surface area contributed by atoms with E-state index in [1.807, 2.05) is 31.2 Å². The molecule has 6 nitrogen and oxygen atoms in total. The Morgan fingerprint density at radius 2 is 1.93 bits per heavy atom. The van der Waals surface area contributed by atoms with Gasteiger partial charge in [0.2, 0.25) is 5.91 Å². The van der Waals surface area contributed by atoms with Crippen LogP contribution in [-0.4, -0.2) is 31.4 Å². The average molecular weight is 442 g/mol. The number of halogens is 1. The number of hydrogen-bond donors (Lipinski definition) is 1. The SMILES string of the molecule is Cc1ccc(NC(=O)CSc2nnc(-c3ccncc3)n2C2CCCCC2)cc1Cl. The van der Waals surface area contributed by atoms with Crippen LogP contribution in [0, 0.1) is 6.92 Å². The van der Waals surface area contributed by atoms with E-state index in [2.05, 4.69) is 25.1 Å². The average Bonchev–Trinajstić information content (AvgIpc) is 3.20. The molecule has 8 heteroatoms. The Morgan fingerprint density at radius 1 is 1.17 bits per heavy atom. The van der Waals surface area contributed by atoms with Gasteiger partial charge in [-0.15, -0.1) is 10.2 Å². The molecule has 2 aromatic heterocycles. The van der Waals surface area contributed by atoms with Gasteiger partial charge >= 0.3 is 0 Å². The molecule has 0 saturated heterocycles. The molecule has 0 radical (unpaired) electrons. The molecule has 1 aliphatic carbocycles. The molecule has 1 N–H and O–H groups in total. The van der Waals surface area contributed by atoms with E-state index in [0.717, 1.165) is 34.9 Å². The highest BCUT2D eigenvalue weighted by atomic mass is 35.5. The fourth-order valence-corrected chi connectivity index (χ4v) is 4.73. The number of rotatable bonds is 6. The summed E-state index contributed by atoms with van der Waals surface area (Å²) in [6, 6.07) is 9.78. The summed E-state index contributed by atoms with van der Waals surface area (Å²) in [7, 11) is 0. The van der Waals surface area contributed by atoms with Crippen molar-refractivity contribution in [1.82, 2.24) is 19.7 Å². The van der Waals surface area contributed by atoms with Crippen LogP contribution in [0.1, 0.15) is 43.7 Å². The van der Waals surface area contributed by atoms with Crippen LogP contribution in [-0.2, 0) is 4.79 Å². The van der Waals surface area contributed by atoms with E-state index < -0.39 is 0 Å². The van der Waals surface area contributed by atoms with Gasteiger partial charge in [-0.05, 0) is 49.6 Å². The second kappa shape index (κ2) is 9.62. The Kier molecular flexibility index (Phi) is 6.69. The van der Waals surface area contributed by atoms with Crippen molar-refractivity contribution in [2.75, 3.05) is 11.1 Å². The zero-order valence-corrected chi connectivity index (χ0v) is 18.4. The maximum Gasteiger partial charge on any atom is 0.234 e. The van der Waals surface area contributed by atoms with E-state index >= 15 is 0 Å². The third-order valence-electron chi connectivity index (χ3n) is 5.33. The Morgan fingerprint density at radius 3 is 2.67 bits per heavy atom. The normalized spacial score (nSPS) is 14.6. The van der Waals surface area contributed by atoms with Gasteiger partial charge in [-0.25, -0.2) is 0 Å². The Balaban J connectivity index is 1.51. The third-order valence-corrected chi connectivity index (χ3v) is 6.68. The van der Waals surface area contributed by atoms with Crippen LogP contribution in [0.2, 0.25) is 5.02 Å². The van der Waals surface area contributed by atoms with Crippen molar-refractivity contribution in [1.29, 1.82) is 0 Å². The molecule has 2 heterocycles. The van der Waals surface area contributed by atoms with Gasteiger partial charge in [-0.1, -0.05) is 48.7 Å². The number of benzene rings is 1. The summed E-state index contributed by atoms with van der Waals surface area (Å²) in [6.45, 7) is 1.93. The predicted octanol–water partition coefficient (Wildman–Crippen LogP) is 5.54. The maximum atomic E-state index is 12.5. The quantitative estimate of drug-likeness (QED) is 0.508. The second-order valence-electron chi connectivity index (χ2n) is 7.50. The molecule has 0 aliphatic heterocycles. The lowest BCUT2D eigenvalue weighted by atomic mass is 9.95. The first-order valence-electron chi connectivity index (χ1n) is 10.2. The molecule has 156 valence electrons. The second-order valence-corrected chi connectivity index (χ2v) is 8.85. The van der Waals surface area contributed by atoms with Crippen molar-refractivity contribution >= 4 is 35.0 Å². The zero-order valence-electron chi connectivity index (χ0n) is 16.8. The number of aryl methyl sites for hydroxylation is 1. The van der Waals surface area contributed by atoms with Crippen LogP contribution >= 0.6 is 23.4 Å². The van der Waals surface area contributed by atoms with Gasteiger partial charge in [0.05, 0.1) is 5.75 Å². The van der Waals surface area contributed by atoms with Crippen molar-refractivity contribution in [2.45, 2.75) is 50.2 Å². The Bertz CT molecular complexity index is 1020. The number of nitrogens with one attached hydrogen (secondary N) is 1. The lowest BCUT2D eigenvalue weighted by molar-refractivity contribution is -0.113. The highest BCUT2D eigenvalue weighted by Crippen LogP contribution is 2.35. The third kappa shape index (κ3) is 4.84. The molecule has 3 aromatic rings. The fraction of sp³-hybridized carbons (Fsp3) is 0.364. The molecule has 1 saturated carbocycles. The van der Waals surface area contributed by atoms with Crippen molar-refractivity contribution < 1.29 is 4.79 Å². The molecular weight excluding hydrogens is 418 g/mol. The first kappa shape index (κ1) is 20.9. The topological polar surface area (TPSA) is 72.7 Å². The monoisotopic (exact) mass is 441 g/mol. The minimum absolute atomic E-state index is 0.0939. The standard InChI is InChI=1S/C22H24ClN5OS/c1-15-7-8-17(13-19(15)23)25-20(29)14-30-22-27-26-21(16-9-11-24-12-10-16)28(22)18-5-3-2-4-6-18/h7-13,18H,2-6,14H2,1H3,(H,25,29). The van der Waals surface area contributed by atoms with Gasteiger partial charge in [-0.3, -0.25) is 14.3 Å². The number of anilines is 1. The van der Waals surface area contributed by atoms with Gasteiger partial charge in [-0.2, -0.15) is 0 Å². The Labute approximate surface area is 185 Å². The van der Waals surface area contributed by atoms with E-state index in [1.54, 1.807) is 18.5 Å². The number of carbonyl (C=O) groups excluding carboxylic acids is 1. The molecule has 0 bridgehead atoms. The lowest BCUT2D eigenvalue weighted by Crippen LogP contribution is -2.17. The molecule has 30 heavy (non-hydrogen) atoms.